The summed E-state index contributed by atoms with van der Waals surface area (Å²) in [7, 11) is 0. The van der Waals surface area contributed by atoms with Crippen LogP contribution in [0, 0.1) is 0 Å². The largest absolute Gasteiger partial charge is 0.472 e. The van der Waals surface area contributed by atoms with Gasteiger partial charge in [-0.1, -0.05) is 25.0 Å². The number of aliphatic imine (C=N–C) groups is 2. The summed E-state index contributed by atoms with van der Waals surface area (Å²) in [4.78, 5) is 9.30. The molecule has 2 heterocycles. The quantitative estimate of drug-likeness (QED) is 0.748. The molecule has 0 N–H and O–H groups in total. The molecule has 2 aliphatic heterocycles. The van der Waals surface area contributed by atoms with Crippen LogP contribution in [0.4, 0.5) is 0 Å². The topological polar surface area (TPSA) is 43.2 Å². The van der Waals surface area contributed by atoms with Gasteiger partial charge in [0, 0.05) is 0 Å². The summed E-state index contributed by atoms with van der Waals surface area (Å²) in [5, 5.41) is 0. The van der Waals surface area contributed by atoms with Gasteiger partial charge in [0.2, 0.25) is 11.8 Å². The van der Waals surface area contributed by atoms with Crippen LogP contribution >= 0.6 is 0 Å². The van der Waals surface area contributed by atoms with Crippen molar-refractivity contribution < 1.29 is 9.47 Å². The van der Waals surface area contributed by atoms with Crippen LogP contribution in [0.1, 0.15) is 51.4 Å². The van der Waals surface area contributed by atoms with Gasteiger partial charge in [-0.15, -0.1) is 0 Å². The molecule has 22 heavy (non-hydrogen) atoms. The SMILES string of the molecule is C(C=CC1=NC2CCCCC2O1)=CC1=NC2CCCCC2O1. The monoisotopic (exact) mass is 300 g/mol. The number of hydrogen-bond donors (Lipinski definition) is 0. The smallest absolute Gasteiger partial charge is 0.209 e. The van der Waals surface area contributed by atoms with Crippen molar-refractivity contribution in [1.82, 2.24) is 0 Å². The normalized spacial score (nSPS) is 37.5. The van der Waals surface area contributed by atoms with Crippen LogP contribution in [-0.2, 0) is 9.47 Å². The van der Waals surface area contributed by atoms with Gasteiger partial charge < -0.3 is 9.47 Å². The van der Waals surface area contributed by atoms with E-state index in [-0.39, 0.29) is 0 Å². The Hall–Kier alpha value is -1.58. The number of fused-ring (bicyclic) bond motifs is 2. The minimum Gasteiger partial charge on any atom is -0.472 e. The summed E-state index contributed by atoms with van der Waals surface area (Å²) in [6, 6.07) is 0.783. The molecule has 0 aromatic heterocycles. The van der Waals surface area contributed by atoms with Crippen molar-refractivity contribution in [2.75, 3.05) is 0 Å². The standard InChI is InChI=1S/C18H24N2O2/c1-3-9-15-13(7-1)19-17(21-15)11-5-6-12-18-20-14-8-2-4-10-16(14)22-18/h5-6,11-16H,1-4,7-10H2. The lowest BCUT2D eigenvalue weighted by Gasteiger charge is -2.21. The fourth-order valence-electron chi connectivity index (χ4n) is 3.86. The molecule has 2 saturated carbocycles. The van der Waals surface area contributed by atoms with Crippen LogP contribution in [0.5, 0.6) is 0 Å². The summed E-state index contributed by atoms with van der Waals surface area (Å²) in [5.41, 5.74) is 0. The van der Waals surface area contributed by atoms with E-state index >= 15 is 0 Å². The van der Waals surface area contributed by atoms with Gasteiger partial charge in [0.1, 0.15) is 12.2 Å². The van der Waals surface area contributed by atoms with Crippen molar-refractivity contribution in [2.45, 2.75) is 75.7 Å². The van der Waals surface area contributed by atoms with Crippen molar-refractivity contribution in [3.63, 3.8) is 0 Å². The van der Waals surface area contributed by atoms with Crippen LogP contribution in [0.25, 0.3) is 0 Å². The molecule has 0 saturated heterocycles. The fourth-order valence-corrected chi connectivity index (χ4v) is 3.86. The van der Waals surface area contributed by atoms with Crippen LogP contribution in [0.2, 0.25) is 0 Å². The molecule has 4 atom stereocenters. The van der Waals surface area contributed by atoms with Crippen LogP contribution in [0.3, 0.4) is 0 Å². The lowest BCUT2D eigenvalue weighted by atomic mass is 9.94. The summed E-state index contributed by atoms with van der Waals surface area (Å²) >= 11 is 0. The third kappa shape index (κ3) is 2.96. The average Bonchev–Trinajstić information content (AvgIpc) is 3.14. The number of hydrogen-bond acceptors (Lipinski definition) is 4. The van der Waals surface area contributed by atoms with E-state index in [2.05, 4.69) is 9.98 Å². The molecule has 0 bridgehead atoms. The zero-order chi connectivity index (χ0) is 14.8. The van der Waals surface area contributed by atoms with E-state index in [1.807, 2.05) is 24.3 Å². The van der Waals surface area contributed by atoms with E-state index in [4.69, 9.17) is 9.47 Å². The molecule has 4 nitrogen and oxygen atoms in total. The molecule has 2 fully saturated rings. The second-order valence-corrected chi connectivity index (χ2v) is 6.67. The predicted molar refractivity (Wildman–Crippen MR) is 87.4 cm³/mol. The van der Waals surface area contributed by atoms with Gasteiger partial charge in [0.25, 0.3) is 0 Å². The Morgan fingerprint density at radius 2 is 1.14 bits per heavy atom. The second-order valence-electron chi connectivity index (χ2n) is 6.67. The maximum Gasteiger partial charge on any atom is 0.209 e. The average molecular weight is 300 g/mol. The molecular weight excluding hydrogens is 276 g/mol. The van der Waals surface area contributed by atoms with E-state index in [1.165, 1.54) is 38.5 Å². The highest BCUT2D eigenvalue weighted by atomic mass is 16.5. The Balaban J connectivity index is 1.31. The van der Waals surface area contributed by atoms with Gasteiger partial charge in [-0.2, -0.15) is 0 Å². The van der Waals surface area contributed by atoms with Crippen molar-refractivity contribution in [2.24, 2.45) is 9.98 Å². The van der Waals surface area contributed by atoms with E-state index in [0.29, 0.717) is 24.3 Å². The maximum absolute atomic E-state index is 5.88. The highest BCUT2D eigenvalue weighted by Gasteiger charge is 2.32. The summed E-state index contributed by atoms with van der Waals surface area (Å²) in [5.74, 6) is 1.56. The van der Waals surface area contributed by atoms with E-state index in [1.54, 1.807) is 0 Å². The van der Waals surface area contributed by atoms with Crippen molar-refractivity contribution in [3.8, 4) is 0 Å². The number of nitrogens with zero attached hydrogens (tertiary/aromatic N) is 2. The number of rotatable bonds is 3. The van der Waals surface area contributed by atoms with Crippen LogP contribution in [-0.4, -0.2) is 36.1 Å². The highest BCUT2D eigenvalue weighted by Crippen LogP contribution is 2.29. The predicted octanol–water partition coefficient (Wildman–Crippen LogP) is 3.58. The first-order valence-corrected chi connectivity index (χ1v) is 8.72. The molecule has 0 aromatic carbocycles. The second kappa shape index (κ2) is 6.27. The van der Waals surface area contributed by atoms with Gasteiger partial charge in [-0.3, -0.25) is 0 Å². The molecule has 4 heteroatoms. The third-order valence-electron chi connectivity index (χ3n) is 5.05. The lowest BCUT2D eigenvalue weighted by molar-refractivity contribution is 0.153. The fraction of sp³-hybridized carbons (Fsp3) is 0.667. The minimum atomic E-state index is 0.322. The molecule has 2 aliphatic carbocycles. The summed E-state index contributed by atoms with van der Waals surface area (Å²) < 4.78 is 11.8. The lowest BCUT2D eigenvalue weighted by Crippen LogP contribution is -2.25. The van der Waals surface area contributed by atoms with Gasteiger partial charge in [0.05, 0.1) is 12.1 Å². The van der Waals surface area contributed by atoms with E-state index in [9.17, 15) is 0 Å². The van der Waals surface area contributed by atoms with Crippen molar-refractivity contribution in [1.29, 1.82) is 0 Å². The Bertz CT molecular complexity index is 487. The summed E-state index contributed by atoms with van der Waals surface area (Å²) in [6.45, 7) is 0. The van der Waals surface area contributed by atoms with Crippen molar-refractivity contribution >= 4 is 11.8 Å². The Morgan fingerprint density at radius 3 is 1.59 bits per heavy atom. The molecular formula is C18H24N2O2. The molecule has 4 rings (SSSR count). The third-order valence-corrected chi connectivity index (χ3v) is 5.05. The summed E-state index contributed by atoms with van der Waals surface area (Å²) in [6.07, 6.45) is 18.3. The Kier molecular flexibility index (Phi) is 4.00. The molecule has 118 valence electrons. The van der Waals surface area contributed by atoms with Gasteiger partial charge in [-0.05, 0) is 50.7 Å². The Labute approximate surface area is 132 Å². The molecule has 4 aliphatic rings. The van der Waals surface area contributed by atoms with Gasteiger partial charge >= 0.3 is 0 Å². The molecule has 0 amide bonds. The minimum absolute atomic E-state index is 0.322. The van der Waals surface area contributed by atoms with Crippen LogP contribution in [0.15, 0.2) is 34.3 Å². The van der Waals surface area contributed by atoms with Gasteiger partial charge in [-0.25, -0.2) is 9.98 Å². The first kappa shape index (κ1) is 14.0. The molecule has 4 unspecified atom stereocenters. The zero-order valence-electron chi connectivity index (χ0n) is 13.0. The first-order chi connectivity index (χ1) is 10.9. The maximum atomic E-state index is 5.88. The number of ether oxygens (including phenoxy) is 2. The highest BCUT2D eigenvalue weighted by molar-refractivity contribution is 5.91. The zero-order valence-corrected chi connectivity index (χ0v) is 13.0. The molecule has 0 spiro atoms. The Morgan fingerprint density at radius 1 is 0.682 bits per heavy atom. The number of allylic oxidation sites excluding steroid dienone is 2. The van der Waals surface area contributed by atoms with E-state index < -0.39 is 0 Å². The van der Waals surface area contributed by atoms with Gasteiger partial charge in [0.15, 0.2) is 0 Å². The molecule has 0 aromatic rings. The van der Waals surface area contributed by atoms with Crippen LogP contribution < -0.4 is 0 Å². The molecule has 0 radical (unpaired) electrons. The van der Waals surface area contributed by atoms with Crippen molar-refractivity contribution in [3.05, 3.63) is 24.3 Å². The van der Waals surface area contributed by atoms with E-state index in [0.717, 1.165) is 24.6 Å². The first-order valence-electron chi connectivity index (χ1n) is 8.72.